The summed E-state index contributed by atoms with van der Waals surface area (Å²) in [4.78, 5) is 7.80. The van der Waals surface area contributed by atoms with Gasteiger partial charge in [-0.3, -0.25) is 0 Å². The van der Waals surface area contributed by atoms with Crippen LogP contribution in [0.1, 0.15) is 22.3 Å². The van der Waals surface area contributed by atoms with Crippen LogP contribution in [0.2, 0.25) is 0 Å². The Kier molecular flexibility index (Phi) is 18.4. The van der Waals surface area contributed by atoms with Crippen molar-refractivity contribution in [2.75, 3.05) is 56.4 Å². The normalized spacial score (nSPS) is 11.1. The van der Waals surface area contributed by atoms with Crippen LogP contribution in [-0.2, 0) is 36.0 Å². The maximum absolute atomic E-state index is 13.8. The Hall–Kier alpha value is -1.01. The number of nitrogens with zero attached hydrogens (tertiary/aromatic N) is 4. The molecule has 0 heterocycles. The average molecular weight is 625 g/mol. The summed E-state index contributed by atoms with van der Waals surface area (Å²) < 4.78 is 27.6. The molecule has 0 aliphatic heterocycles. The van der Waals surface area contributed by atoms with E-state index in [4.69, 9.17) is 0 Å². The van der Waals surface area contributed by atoms with Gasteiger partial charge in [0.2, 0.25) is 9.84 Å². The molecule has 0 saturated carbocycles. The summed E-state index contributed by atoms with van der Waals surface area (Å²) in [6.07, 6.45) is 0. The Labute approximate surface area is 247 Å². The molecule has 2 aromatic carbocycles. The molecule has 2 aromatic rings. The van der Waals surface area contributed by atoms with Crippen molar-refractivity contribution in [2.24, 2.45) is 0 Å². The molecule has 0 aliphatic rings. The quantitative estimate of drug-likeness (QED) is 0.413. The maximum Gasteiger partial charge on any atom is 0.206 e. The summed E-state index contributed by atoms with van der Waals surface area (Å²) >= 11 is 0. The van der Waals surface area contributed by atoms with E-state index in [9.17, 15) is 18.6 Å². The van der Waals surface area contributed by atoms with Gasteiger partial charge in [0.25, 0.3) is 0 Å². The first-order valence-corrected chi connectivity index (χ1v) is 12.2. The van der Waals surface area contributed by atoms with Gasteiger partial charge >= 0.3 is 0 Å². The molecule has 0 fully saturated rings. The second kappa shape index (κ2) is 16.8. The van der Waals surface area contributed by atoms with Crippen molar-refractivity contribution in [3.05, 3.63) is 46.5 Å². The van der Waals surface area contributed by atoms with E-state index in [-0.39, 0.29) is 70.9 Å². The standard InChI is InChI=1S/C24H38N4O4S.4ClH/c1-25(2)13-17-9-21(10-18(23(17)29)14-26(3)4)33(31,32)22-11-19(15-27(5)6)24(30)20(12-22)16-28(7)8;;;;/h9-12,29-30H,13-16H2,1-8H3;4*1H. The van der Waals surface area contributed by atoms with E-state index in [2.05, 4.69) is 0 Å². The molecule has 0 aliphatic carbocycles. The van der Waals surface area contributed by atoms with Gasteiger partial charge in [0.1, 0.15) is 11.5 Å². The van der Waals surface area contributed by atoms with Gasteiger partial charge in [-0.2, -0.15) is 0 Å². The van der Waals surface area contributed by atoms with Gasteiger partial charge in [-0.25, -0.2) is 8.42 Å². The first-order chi connectivity index (χ1) is 15.2. The zero-order valence-electron chi connectivity index (χ0n) is 22.7. The Bertz CT molecular complexity index is 957. The third-order valence-corrected chi connectivity index (χ3v) is 6.76. The smallest absolute Gasteiger partial charge is 0.206 e. The number of hydrogen-bond acceptors (Lipinski definition) is 8. The third kappa shape index (κ3) is 10.9. The topological polar surface area (TPSA) is 87.6 Å². The van der Waals surface area contributed by atoms with Crippen molar-refractivity contribution in [3.63, 3.8) is 0 Å². The van der Waals surface area contributed by atoms with Crippen LogP contribution in [0.3, 0.4) is 0 Å². The van der Waals surface area contributed by atoms with E-state index in [1.807, 2.05) is 76.0 Å². The number of halogens is 4. The van der Waals surface area contributed by atoms with E-state index < -0.39 is 9.84 Å². The highest BCUT2D eigenvalue weighted by atomic mass is 35.5. The summed E-state index contributed by atoms with van der Waals surface area (Å²) in [5, 5.41) is 21.6. The number of aromatic hydroxyl groups is 2. The lowest BCUT2D eigenvalue weighted by Crippen LogP contribution is -2.16. The highest BCUT2D eigenvalue weighted by molar-refractivity contribution is 7.91. The van der Waals surface area contributed by atoms with Crippen molar-refractivity contribution in [1.29, 1.82) is 0 Å². The molecule has 0 atom stereocenters. The molecule has 2 rings (SSSR count). The fourth-order valence-electron chi connectivity index (χ4n) is 3.75. The van der Waals surface area contributed by atoms with Crippen molar-refractivity contribution in [3.8, 4) is 11.5 Å². The third-order valence-electron chi connectivity index (χ3n) is 5.05. The Morgan fingerprint density at radius 3 is 0.865 bits per heavy atom. The van der Waals surface area contributed by atoms with Gasteiger partial charge in [0.05, 0.1) is 9.79 Å². The van der Waals surface area contributed by atoms with Crippen LogP contribution >= 0.6 is 49.6 Å². The second-order valence-electron chi connectivity index (χ2n) is 9.63. The first kappa shape index (κ1) is 40.5. The minimum Gasteiger partial charge on any atom is -0.507 e. The first-order valence-electron chi connectivity index (χ1n) is 10.8. The summed E-state index contributed by atoms with van der Waals surface area (Å²) in [7, 11) is 11.0. The van der Waals surface area contributed by atoms with E-state index in [0.717, 1.165) is 0 Å². The molecular weight excluding hydrogens is 582 g/mol. The summed E-state index contributed by atoms with van der Waals surface area (Å²) in [6.45, 7) is 1.62. The molecule has 8 nitrogen and oxygen atoms in total. The highest BCUT2D eigenvalue weighted by Crippen LogP contribution is 2.34. The minimum atomic E-state index is -3.90. The summed E-state index contributed by atoms with van der Waals surface area (Å²) in [5.41, 5.74) is 2.22. The van der Waals surface area contributed by atoms with Crippen LogP contribution in [0, 0.1) is 0 Å². The zero-order valence-corrected chi connectivity index (χ0v) is 26.8. The molecule has 13 heteroatoms. The second-order valence-corrected chi connectivity index (χ2v) is 11.6. The van der Waals surface area contributed by atoms with E-state index in [1.54, 1.807) is 24.3 Å². The number of benzene rings is 2. The van der Waals surface area contributed by atoms with Crippen LogP contribution in [0.4, 0.5) is 0 Å². The molecule has 0 saturated heterocycles. The Morgan fingerprint density at radius 1 is 0.514 bits per heavy atom. The molecule has 216 valence electrons. The molecule has 0 unspecified atom stereocenters. The minimum absolute atomic E-state index is 0. The fraction of sp³-hybridized carbons (Fsp3) is 0.500. The predicted molar refractivity (Wildman–Crippen MR) is 160 cm³/mol. The van der Waals surface area contributed by atoms with Crippen molar-refractivity contribution >= 4 is 59.5 Å². The van der Waals surface area contributed by atoms with Gasteiger partial charge in [0, 0.05) is 48.4 Å². The number of rotatable bonds is 10. The highest BCUT2D eigenvalue weighted by Gasteiger charge is 2.25. The SMILES string of the molecule is CN(C)Cc1cc(S(=O)(=O)c2cc(CN(C)C)c(O)c(CN(C)C)c2)cc(CN(C)C)c1O.Cl.Cl.Cl.Cl. The Morgan fingerprint density at radius 2 is 0.703 bits per heavy atom. The lowest BCUT2D eigenvalue weighted by Gasteiger charge is -2.20. The average Bonchev–Trinajstić information content (AvgIpc) is 2.66. The molecule has 0 radical (unpaired) electrons. The fourth-order valence-corrected chi connectivity index (χ4v) is 5.21. The van der Waals surface area contributed by atoms with Crippen molar-refractivity contribution in [1.82, 2.24) is 19.6 Å². The molecule has 2 N–H and O–H groups in total. The number of sulfone groups is 1. The van der Waals surface area contributed by atoms with E-state index in [0.29, 0.717) is 48.4 Å². The monoisotopic (exact) mass is 622 g/mol. The number of phenols is 2. The summed E-state index contributed by atoms with van der Waals surface area (Å²) in [5.74, 6) is 0.229. The van der Waals surface area contributed by atoms with Crippen LogP contribution < -0.4 is 0 Å². The molecule has 37 heavy (non-hydrogen) atoms. The predicted octanol–water partition coefficient (Wildman–Crippen LogP) is 3.86. The molecular formula is C24H42Cl4N4O4S. The summed E-state index contributed by atoms with van der Waals surface area (Å²) in [6, 6.07) is 6.20. The largest absolute Gasteiger partial charge is 0.507 e. The van der Waals surface area contributed by atoms with Crippen molar-refractivity contribution < 1.29 is 18.6 Å². The van der Waals surface area contributed by atoms with Crippen LogP contribution in [0.5, 0.6) is 11.5 Å². The van der Waals surface area contributed by atoms with Crippen LogP contribution in [0.25, 0.3) is 0 Å². The van der Waals surface area contributed by atoms with Gasteiger partial charge < -0.3 is 29.8 Å². The molecule has 0 aromatic heterocycles. The van der Waals surface area contributed by atoms with Crippen LogP contribution in [0.15, 0.2) is 34.1 Å². The molecule has 0 amide bonds. The van der Waals surface area contributed by atoms with Gasteiger partial charge in [-0.05, 0) is 80.6 Å². The van der Waals surface area contributed by atoms with Gasteiger partial charge in [-0.15, -0.1) is 49.6 Å². The van der Waals surface area contributed by atoms with Crippen molar-refractivity contribution in [2.45, 2.75) is 36.0 Å². The lowest BCUT2D eigenvalue weighted by molar-refractivity contribution is 0.367. The van der Waals surface area contributed by atoms with Gasteiger partial charge in [-0.1, -0.05) is 0 Å². The Balaban J connectivity index is -0.00000289. The van der Waals surface area contributed by atoms with Gasteiger partial charge in [0.15, 0.2) is 0 Å². The number of phenolic OH excluding ortho intramolecular Hbond substituents is 2. The van der Waals surface area contributed by atoms with E-state index in [1.165, 1.54) is 0 Å². The number of hydrogen-bond donors (Lipinski definition) is 2. The van der Waals surface area contributed by atoms with E-state index >= 15 is 0 Å². The van der Waals surface area contributed by atoms with Crippen LogP contribution in [-0.4, -0.2) is 94.6 Å². The zero-order chi connectivity index (χ0) is 25.1. The lowest BCUT2D eigenvalue weighted by atomic mass is 10.1. The molecule has 0 spiro atoms. The maximum atomic E-state index is 13.8. The molecule has 0 bridgehead atoms.